The maximum absolute atomic E-state index is 13.7. The van der Waals surface area contributed by atoms with Crippen molar-refractivity contribution in [2.45, 2.75) is 27.4 Å². The van der Waals surface area contributed by atoms with Crippen molar-refractivity contribution in [2.75, 3.05) is 12.4 Å². The number of methoxy groups -OCH3 is 1. The number of carbonyl (C=O) groups is 2. The molecule has 0 fully saturated rings. The Hall–Kier alpha value is -3.58. The third-order valence-corrected chi connectivity index (χ3v) is 5.14. The van der Waals surface area contributed by atoms with Crippen molar-refractivity contribution in [2.24, 2.45) is 0 Å². The van der Waals surface area contributed by atoms with Gasteiger partial charge in [-0.3, -0.25) is 4.79 Å². The van der Waals surface area contributed by atoms with Crippen LogP contribution in [0, 0.1) is 26.6 Å². The maximum atomic E-state index is 13.7. The summed E-state index contributed by atoms with van der Waals surface area (Å²) < 4.78 is 18.5. The molecule has 1 amide bonds. The molecule has 2 N–H and O–H groups in total. The van der Waals surface area contributed by atoms with E-state index in [4.69, 9.17) is 4.74 Å². The fourth-order valence-electron chi connectivity index (χ4n) is 3.32. The van der Waals surface area contributed by atoms with Crippen LogP contribution in [0.4, 0.5) is 10.1 Å². The molecule has 3 aromatic rings. The molecule has 6 nitrogen and oxygen atoms in total. The molecular weight excluding hydrogens is 399 g/mol. The highest BCUT2D eigenvalue weighted by molar-refractivity contribution is 6.06. The summed E-state index contributed by atoms with van der Waals surface area (Å²) >= 11 is 0. The number of esters is 1. The molecule has 0 spiro atoms. The van der Waals surface area contributed by atoms with Crippen LogP contribution in [0.3, 0.4) is 0 Å². The number of benzene rings is 2. The van der Waals surface area contributed by atoms with E-state index in [1.54, 1.807) is 44.2 Å². The van der Waals surface area contributed by atoms with Crippen molar-refractivity contribution in [3.8, 4) is 11.3 Å². The number of halogens is 1. The molecule has 31 heavy (non-hydrogen) atoms. The van der Waals surface area contributed by atoms with Crippen LogP contribution in [0.15, 0.2) is 42.5 Å². The minimum Gasteiger partial charge on any atom is -0.465 e. The lowest BCUT2D eigenvalue weighted by molar-refractivity contribution is 0.0599. The summed E-state index contributed by atoms with van der Waals surface area (Å²) in [6.07, 6.45) is 0. The third kappa shape index (κ3) is 4.46. The van der Waals surface area contributed by atoms with E-state index in [2.05, 4.69) is 10.3 Å². The number of aromatic nitrogens is 1. The number of nitrogens with zero attached hydrogens (tertiary/aromatic N) is 1. The molecule has 3 rings (SSSR count). The third-order valence-electron chi connectivity index (χ3n) is 5.14. The van der Waals surface area contributed by atoms with Crippen LogP contribution >= 0.6 is 0 Å². The van der Waals surface area contributed by atoms with Crippen LogP contribution in [0.25, 0.3) is 11.3 Å². The highest BCUT2D eigenvalue weighted by atomic mass is 19.1. The van der Waals surface area contributed by atoms with Gasteiger partial charge >= 0.3 is 5.97 Å². The average Bonchev–Trinajstić information content (AvgIpc) is 2.76. The van der Waals surface area contributed by atoms with Gasteiger partial charge in [-0.15, -0.1) is 0 Å². The summed E-state index contributed by atoms with van der Waals surface area (Å²) in [5.41, 5.74) is 4.34. The molecule has 0 aliphatic heterocycles. The Labute approximate surface area is 179 Å². The van der Waals surface area contributed by atoms with Gasteiger partial charge in [0, 0.05) is 16.8 Å². The molecule has 0 atom stereocenters. The monoisotopic (exact) mass is 422 g/mol. The van der Waals surface area contributed by atoms with E-state index in [-0.39, 0.29) is 11.3 Å². The predicted molar refractivity (Wildman–Crippen MR) is 115 cm³/mol. The topological polar surface area (TPSA) is 88.5 Å². The number of amides is 1. The minimum absolute atomic E-state index is 0.150. The SMILES string of the molecule is COC(=O)c1ccc(C)c(NC(=O)c2nc(-c3ccc(F)c(CO)c3)ccc2C)c1C. The van der Waals surface area contributed by atoms with Crippen molar-refractivity contribution >= 4 is 17.6 Å². The van der Waals surface area contributed by atoms with E-state index in [0.717, 1.165) is 5.56 Å². The van der Waals surface area contributed by atoms with E-state index < -0.39 is 24.3 Å². The van der Waals surface area contributed by atoms with E-state index in [0.29, 0.717) is 33.6 Å². The van der Waals surface area contributed by atoms with Crippen LogP contribution < -0.4 is 5.32 Å². The molecule has 0 bridgehead atoms. The molecule has 0 saturated carbocycles. The molecular formula is C24H23FN2O4. The van der Waals surface area contributed by atoms with Gasteiger partial charge in [0.15, 0.2) is 0 Å². The summed E-state index contributed by atoms with van der Waals surface area (Å²) in [5.74, 6) is -1.43. The maximum Gasteiger partial charge on any atom is 0.338 e. The van der Waals surface area contributed by atoms with Gasteiger partial charge in [0.05, 0.1) is 25.0 Å². The number of aliphatic hydroxyl groups is 1. The van der Waals surface area contributed by atoms with Crippen LogP contribution in [0.5, 0.6) is 0 Å². The molecule has 7 heteroatoms. The first-order valence-corrected chi connectivity index (χ1v) is 9.64. The van der Waals surface area contributed by atoms with Crippen LogP contribution in [0.1, 0.15) is 43.1 Å². The van der Waals surface area contributed by atoms with E-state index in [9.17, 15) is 19.1 Å². The first kappa shape index (κ1) is 22.1. The Morgan fingerprint density at radius 2 is 1.77 bits per heavy atom. The molecule has 1 aromatic heterocycles. The molecule has 0 unspecified atom stereocenters. The number of aryl methyl sites for hydroxylation is 2. The van der Waals surface area contributed by atoms with Crippen molar-refractivity contribution in [1.29, 1.82) is 0 Å². The first-order chi connectivity index (χ1) is 14.8. The van der Waals surface area contributed by atoms with Crippen LogP contribution in [0.2, 0.25) is 0 Å². The number of rotatable bonds is 5. The fraction of sp³-hybridized carbons (Fsp3) is 0.208. The second kappa shape index (κ2) is 9.06. The van der Waals surface area contributed by atoms with Crippen LogP contribution in [-0.2, 0) is 11.3 Å². The van der Waals surface area contributed by atoms with Crippen molar-refractivity contribution in [1.82, 2.24) is 4.98 Å². The van der Waals surface area contributed by atoms with Crippen molar-refractivity contribution < 1.29 is 23.8 Å². The Morgan fingerprint density at radius 1 is 1.06 bits per heavy atom. The number of pyridine rings is 1. The van der Waals surface area contributed by atoms with E-state index in [1.165, 1.54) is 19.2 Å². The van der Waals surface area contributed by atoms with Gasteiger partial charge in [0.2, 0.25) is 0 Å². The fourth-order valence-corrected chi connectivity index (χ4v) is 3.32. The lowest BCUT2D eigenvalue weighted by Crippen LogP contribution is -2.18. The first-order valence-electron chi connectivity index (χ1n) is 9.64. The van der Waals surface area contributed by atoms with Gasteiger partial charge in [-0.05, 0) is 67.8 Å². The Kier molecular flexibility index (Phi) is 6.46. The van der Waals surface area contributed by atoms with Crippen LogP contribution in [-0.4, -0.2) is 29.1 Å². The number of hydrogen-bond acceptors (Lipinski definition) is 5. The Bertz CT molecular complexity index is 1170. The number of aliphatic hydroxyl groups excluding tert-OH is 1. The average molecular weight is 422 g/mol. The van der Waals surface area contributed by atoms with E-state index >= 15 is 0 Å². The number of anilines is 1. The van der Waals surface area contributed by atoms with Gasteiger partial charge in [0.1, 0.15) is 11.5 Å². The molecule has 0 aliphatic carbocycles. The number of carbonyl (C=O) groups excluding carboxylic acids is 2. The molecule has 0 saturated heterocycles. The summed E-state index contributed by atoms with van der Waals surface area (Å²) in [6.45, 7) is 4.89. The zero-order valence-corrected chi connectivity index (χ0v) is 17.7. The zero-order chi connectivity index (χ0) is 22.7. The van der Waals surface area contributed by atoms with Gasteiger partial charge in [-0.25, -0.2) is 14.2 Å². The summed E-state index contributed by atoms with van der Waals surface area (Å²) in [4.78, 5) is 29.5. The second-order valence-electron chi connectivity index (χ2n) is 7.20. The lowest BCUT2D eigenvalue weighted by atomic mass is 10.0. The number of nitrogens with one attached hydrogen (secondary N) is 1. The highest BCUT2D eigenvalue weighted by Crippen LogP contribution is 2.26. The largest absolute Gasteiger partial charge is 0.465 e. The van der Waals surface area contributed by atoms with Gasteiger partial charge < -0.3 is 15.2 Å². The predicted octanol–water partition coefficient (Wildman–Crippen LogP) is 4.34. The zero-order valence-electron chi connectivity index (χ0n) is 17.7. The van der Waals surface area contributed by atoms with Gasteiger partial charge in [0.25, 0.3) is 5.91 Å². The molecule has 160 valence electrons. The lowest BCUT2D eigenvalue weighted by Gasteiger charge is -2.15. The minimum atomic E-state index is -0.507. The standard InChI is InChI=1S/C24H23FN2O4/c1-13-5-8-18(24(30)31-4)15(3)21(13)27-23(29)22-14(2)6-10-20(26-22)16-7-9-19(25)17(11-16)12-28/h5-11,28H,12H2,1-4H3,(H,27,29). The van der Waals surface area contributed by atoms with E-state index in [1.807, 2.05) is 6.92 Å². The number of hydrogen-bond donors (Lipinski definition) is 2. The Balaban J connectivity index is 1.98. The molecule has 2 aromatic carbocycles. The highest BCUT2D eigenvalue weighted by Gasteiger charge is 2.19. The Morgan fingerprint density at radius 3 is 2.45 bits per heavy atom. The molecule has 0 aliphatic rings. The van der Waals surface area contributed by atoms with Crippen molar-refractivity contribution in [3.05, 3.63) is 81.8 Å². The van der Waals surface area contributed by atoms with Gasteiger partial charge in [-0.2, -0.15) is 0 Å². The molecule has 0 radical (unpaired) electrons. The summed E-state index contributed by atoms with van der Waals surface area (Å²) in [5, 5.41) is 12.2. The second-order valence-corrected chi connectivity index (χ2v) is 7.20. The normalized spacial score (nSPS) is 10.6. The van der Waals surface area contributed by atoms with Crippen molar-refractivity contribution in [3.63, 3.8) is 0 Å². The quantitative estimate of drug-likeness (QED) is 0.597. The molecule has 1 heterocycles. The number of ether oxygens (including phenoxy) is 1. The smallest absolute Gasteiger partial charge is 0.338 e. The summed E-state index contributed by atoms with van der Waals surface area (Å²) in [7, 11) is 1.30. The summed E-state index contributed by atoms with van der Waals surface area (Å²) in [6, 6.07) is 11.2. The van der Waals surface area contributed by atoms with Gasteiger partial charge in [-0.1, -0.05) is 12.1 Å².